The number of rotatable bonds is 10. The number of benzene rings is 1. The van der Waals surface area contributed by atoms with Crippen molar-refractivity contribution < 1.29 is 23.6 Å². The van der Waals surface area contributed by atoms with Gasteiger partial charge in [0, 0.05) is 30.2 Å². The average Bonchev–Trinajstić information content (AvgIpc) is 3.47. The van der Waals surface area contributed by atoms with Gasteiger partial charge in [-0.3, -0.25) is 9.59 Å². The van der Waals surface area contributed by atoms with E-state index in [1.807, 2.05) is 0 Å². The molecule has 0 unspecified atom stereocenters. The summed E-state index contributed by atoms with van der Waals surface area (Å²) in [6.45, 7) is 8.58. The summed E-state index contributed by atoms with van der Waals surface area (Å²) in [6, 6.07) is 4.66. The molecule has 6 nitrogen and oxygen atoms in total. The first-order chi connectivity index (χ1) is 16.5. The maximum absolute atomic E-state index is 14.3. The highest BCUT2D eigenvalue weighted by Crippen LogP contribution is 2.53. The van der Waals surface area contributed by atoms with E-state index in [9.17, 15) is 19.1 Å². The van der Waals surface area contributed by atoms with E-state index in [1.165, 1.54) is 12.5 Å². The van der Waals surface area contributed by atoms with Crippen molar-refractivity contribution in [2.45, 2.75) is 96.8 Å². The van der Waals surface area contributed by atoms with Gasteiger partial charge in [0.1, 0.15) is 11.6 Å². The molecule has 4 rings (SSSR count). The van der Waals surface area contributed by atoms with Crippen molar-refractivity contribution in [3.05, 3.63) is 46.6 Å². The maximum Gasteiger partial charge on any atom is 0.303 e. The first-order valence-corrected chi connectivity index (χ1v) is 12.8. The Labute approximate surface area is 206 Å². The number of halogens is 1. The molecule has 0 radical (unpaired) electrons. The summed E-state index contributed by atoms with van der Waals surface area (Å²) in [4.78, 5) is 24.2. The quantitative estimate of drug-likeness (QED) is 0.382. The van der Waals surface area contributed by atoms with Crippen molar-refractivity contribution in [1.82, 2.24) is 5.16 Å². The standard InChI is InChI=1S/C28H37FN2O4/c1-16-5-9-22(21(29)11-16)30-23(32)14-19(8-10-24(33)34)26-25(18-6-7-18)27(35-31-26)20-12-17(13-20)15-28(2,3)4/h5,9,11,17-20H,6-8,10,12-15H2,1-4H3,(H,30,32)(H,33,34)/t17?,19-,20?/m1/s1. The van der Waals surface area contributed by atoms with Crippen LogP contribution in [0.1, 0.15) is 112 Å². The fourth-order valence-electron chi connectivity index (χ4n) is 5.46. The van der Waals surface area contributed by atoms with Crippen LogP contribution in [0, 0.1) is 24.1 Å². The van der Waals surface area contributed by atoms with E-state index in [-0.39, 0.29) is 30.9 Å². The van der Waals surface area contributed by atoms with Gasteiger partial charge in [-0.25, -0.2) is 4.39 Å². The largest absolute Gasteiger partial charge is 0.481 e. The molecular weight excluding hydrogens is 447 g/mol. The molecule has 2 aromatic rings. The number of nitrogens with one attached hydrogen (secondary N) is 1. The molecule has 0 aliphatic heterocycles. The lowest BCUT2D eigenvalue weighted by molar-refractivity contribution is -0.137. The Kier molecular flexibility index (Phi) is 7.34. The molecule has 0 spiro atoms. The van der Waals surface area contributed by atoms with Crippen LogP contribution in [0.3, 0.4) is 0 Å². The van der Waals surface area contributed by atoms with E-state index in [4.69, 9.17) is 4.52 Å². The Bertz CT molecular complexity index is 1080. The van der Waals surface area contributed by atoms with Crippen LogP contribution in [0.25, 0.3) is 0 Å². The molecule has 2 N–H and O–H groups in total. The third kappa shape index (κ3) is 6.50. The molecule has 2 fully saturated rings. The second-order valence-corrected chi connectivity index (χ2v) is 11.8. The average molecular weight is 485 g/mol. The number of hydrogen-bond acceptors (Lipinski definition) is 4. The van der Waals surface area contributed by atoms with Gasteiger partial charge in [-0.2, -0.15) is 0 Å². The molecule has 7 heteroatoms. The van der Waals surface area contributed by atoms with Gasteiger partial charge < -0.3 is 14.9 Å². The summed E-state index contributed by atoms with van der Waals surface area (Å²) in [5, 5.41) is 16.4. The van der Waals surface area contributed by atoms with Crippen molar-refractivity contribution in [2.24, 2.45) is 11.3 Å². The van der Waals surface area contributed by atoms with Gasteiger partial charge >= 0.3 is 5.97 Å². The Morgan fingerprint density at radius 3 is 2.54 bits per heavy atom. The Balaban J connectivity index is 1.51. The number of carboxylic acids is 1. The predicted molar refractivity (Wildman–Crippen MR) is 132 cm³/mol. The van der Waals surface area contributed by atoms with Crippen LogP contribution in [-0.4, -0.2) is 22.1 Å². The van der Waals surface area contributed by atoms with E-state index in [0.717, 1.165) is 48.3 Å². The van der Waals surface area contributed by atoms with E-state index >= 15 is 0 Å². The van der Waals surface area contributed by atoms with Gasteiger partial charge in [0.15, 0.2) is 0 Å². The fourth-order valence-corrected chi connectivity index (χ4v) is 5.46. The molecule has 190 valence electrons. The SMILES string of the molecule is Cc1ccc(NC(=O)C[C@@H](CCC(=O)O)c2noc(C3CC(CC(C)(C)C)C3)c2C2CC2)c(F)c1. The van der Waals surface area contributed by atoms with E-state index < -0.39 is 17.7 Å². The van der Waals surface area contributed by atoms with Gasteiger partial charge in [-0.15, -0.1) is 0 Å². The Morgan fingerprint density at radius 2 is 1.94 bits per heavy atom. The summed E-state index contributed by atoms with van der Waals surface area (Å²) in [7, 11) is 0. The molecule has 1 aromatic carbocycles. The third-order valence-electron chi connectivity index (χ3n) is 7.20. The Morgan fingerprint density at radius 1 is 1.23 bits per heavy atom. The van der Waals surface area contributed by atoms with Crippen LogP contribution < -0.4 is 5.32 Å². The first kappa shape index (κ1) is 25.4. The highest BCUT2D eigenvalue weighted by Gasteiger charge is 2.42. The molecular formula is C28H37FN2O4. The number of carboxylic acid groups (broad SMARTS) is 1. The number of hydrogen-bond donors (Lipinski definition) is 2. The van der Waals surface area contributed by atoms with Crippen molar-refractivity contribution in [3.63, 3.8) is 0 Å². The molecule has 1 heterocycles. The topological polar surface area (TPSA) is 92.4 Å². The molecule has 2 saturated carbocycles. The molecule has 1 atom stereocenters. The second kappa shape index (κ2) is 10.1. The Hall–Kier alpha value is -2.70. The molecule has 2 aliphatic carbocycles. The van der Waals surface area contributed by atoms with Gasteiger partial charge in [0.2, 0.25) is 5.91 Å². The van der Waals surface area contributed by atoms with Crippen LogP contribution in [0.5, 0.6) is 0 Å². The number of nitrogens with zero attached hydrogens (tertiary/aromatic N) is 1. The highest BCUT2D eigenvalue weighted by molar-refractivity contribution is 5.91. The molecule has 1 aromatic heterocycles. The monoisotopic (exact) mass is 484 g/mol. The minimum Gasteiger partial charge on any atom is -0.481 e. The van der Waals surface area contributed by atoms with Gasteiger partial charge in [-0.05, 0) is 80.4 Å². The lowest BCUT2D eigenvalue weighted by Gasteiger charge is -2.38. The number of aliphatic carboxylic acids is 1. The zero-order chi connectivity index (χ0) is 25.3. The lowest BCUT2D eigenvalue weighted by Crippen LogP contribution is -2.26. The fraction of sp³-hybridized carbons (Fsp3) is 0.607. The van der Waals surface area contributed by atoms with Crippen LogP contribution in [0.2, 0.25) is 0 Å². The lowest BCUT2D eigenvalue weighted by atomic mass is 9.66. The summed E-state index contributed by atoms with van der Waals surface area (Å²) in [5.74, 6) is 0.184. The number of amides is 1. The van der Waals surface area contributed by atoms with Gasteiger partial charge in [0.25, 0.3) is 0 Å². The van der Waals surface area contributed by atoms with Crippen molar-refractivity contribution >= 4 is 17.6 Å². The summed E-state index contributed by atoms with van der Waals surface area (Å²) >= 11 is 0. The minimum atomic E-state index is -0.916. The second-order valence-electron chi connectivity index (χ2n) is 11.8. The van der Waals surface area contributed by atoms with Crippen molar-refractivity contribution in [1.29, 1.82) is 0 Å². The molecule has 35 heavy (non-hydrogen) atoms. The molecule has 0 saturated heterocycles. The first-order valence-electron chi connectivity index (χ1n) is 12.8. The van der Waals surface area contributed by atoms with Crippen molar-refractivity contribution in [2.75, 3.05) is 5.32 Å². The smallest absolute Gasteiger partial charge is 0.303 e. The van der Waals surface area contributed by atoms with Crippen LogP contribution >= 0.6 is 0 Å². The third-order valence-corrected chi connectivity index (χ3v) is 7.20. The van der Waals surface area contributed by atoms with Crippen LogP contribution in [-0.2, 0) is 9.59 Å². The number of aryl methyl sites for hydroxylation is 1. The molecule has 1 amide bonds. The molecule has 2 aliphatic rings. The normalized spacial score (nSPS) is 20.8. The number of carbonyl (C=O) groups excluding carboxylic acids is 1. The number of carbonyl (C=O) groups is 2. The molecule has 0 bridgehead atoms. The maximum atomic E-state index is 14.3. The predicted octanol–water partition coefficient (Wildman–Crippen LogP) is 6.91. The zero-order valence-corrected chi connectivity index (χ0v) is 21.2. The van der Waals surface area contributed by atoms with Gasteiger partial charge in [-0.1, -0.05) is 32.0 Å². The number of aromatic nitrogens is 1. The zero-order valence-electron chi connectivity index (χ0n) is 21.2. The summed E-state index contributed by atoms with van der Waals surface area (Å²) < 4.78 is 20.2. The van der Waals surface area contributed by atoms with E-state index in [2.05, 4.69) is 31.2 Å². The van der Waals surface area contributed by atoms with Crippen LogP contribution in [0.4, 0.5) is 10.1 Å². The van der Waals surface area contributed by atoms with E-state index in [0.29, 0.717) is 23.2 Å². The minimum absolute atomic E-state index is 0.0314. The van der Waals surface area contributed by atoms with Gasteiger partial charge in [0.05, 0.1) is 11.4 Å². The number of anilines is 1. The summed E-state index contributed by atoms with van der Waals surface area (Å²) in [5.41, 5.74) is 3.02. The van der Waals surface area contributed by atoms with Crippen molar-refractivity contribution in [3.8, 4) is 0 Å². The highest BCUT2D eigenvalue weighted by atomic mass is 19.1. The van der Waals surface area contributed by atoms with Crippen LogP contribution in [0.15, 0.2) is 22.7 Å². The summed E-state index contributed by atoms with van der Waals surface area (Å²) in [6.07, 6.45) is 5.71. The van der Waals surface area contributed by atoms with E-state index in [1.54, 1.807) is 19.1 Å².